The van der Waals surface area contributed by atoms with Crippen molar-refractivity contribution in [3.63, 3.8) is 0 Å². The molecule has 0 heterocycles. The highest BCUT2D eigenvalue weighted by molar-refractivity contribution is 6.02. The minimum absolute atomic E-state index is 0.0949. The van der Waals surface area contributed by atoms with E-state index >= 15 is 0 Å². The lowest BCUT2D eigenvalue weighted by Gasteiger charge is -2.05. The summed E-state index contributed by atoms with van der Waals surface area (Å²) in [6.45, 7) is 0. The topological polar surface area (TPSA) is 89.6 Å². The number of carbonyl (C=O) groups excluding carboxylic acids is 2. The summed E-state index contributed by atoms with van der Waals surface area (Å²) in [4.78, 5) is 21.9. The van der Waals surface area contributed by atoms with Crippen LogP contribution in [-0.2, 0) is 4.74 Å². The van der Waals surface area contributed by atoms with E-state index in [1.54, 1.807) is 18.2 Å². The molecule has 0 atom stereocenters. The molecule has 0 fully saturated rings. The molecule has 0 saturated heterocycles. The Bertz CT molecular complexity index is 606. The Labute approximate surface area is 96.4 Å². The molecular weight excluding hydrogens is 222 g/mol. The summed E-state index contributed by atoms with van der Waals surface area (Å²) in [5, 5.41) is 11.2. The van der Waals surface area contributed by atoms with Gasteiger partial charge in [-0.3, -0.25) is 0 Å². The van der Waals surface area contributed by atoms with E-state index in [0.29, 0.717) is 0 Å². The van der Waals surface area contributed by atoms with Crippen LogP contribution in [0.5, 0.6) is 5.75 Å². The van der Waals surface area contributed by atoms with Gasteiger partial charge >= 0.3 is 12.1 Å². The van der Waals surface area contributed by atoms with E-state index in [1.165, 1.54) is 12.1 Å². The predicted molar refractivity (Wildman–Crippen MR) is 60.6 cm³/mol. The predicted octanol–water partition coefficient (Wildman–Crippen LogP) is 1.78. The number of esters is 1. The highest BCUT2D eigenvalue weighted by Crippen LogP contribution is 2.25. The lowest BCUT2D eigenvalue weighted by atomic mass is 10.1. The van der Waals surface area contributed by atoms with Gasteiger partial charge in [0, 0.05) is 0 Å². The zero-order chi connectivity index (χ0) is 12.4. The minimum atomic E-state index is -1.21. The normalized spacial score (nSPS) is 10.1. The monoisotopic (exact) mass is 231 g/mol. The molecule has 86 valence electrons. The zero-order valence-electron chi connectivity index (χ0n) is 8.71. The van der Waals surface area contributed by atoms with Gasteiger partial charge in [0.15, 0.2) is 0 Å². The van der Waals surface area contributed by atoms with Crippen molar-refractivity contribution in [2.45, 2.75) is 0 Å². The van der Waals surface area contributed by atoms with E-state index < -0.39 is 12.1 Å². The molecule has 3 N–H and O–H groups in total. The fourth-order valence-electron chi connectivity index (χ4n) is 1.54. The summed E-state index contributed by atoms with van der Waals surface area (Å²) in [6, 6.07) is 10.0. The first-order valence-corrected chi connectivity index (χ1v) is 4.81. The maximum Gasteiger partial charge on any atom is 0.412 e. The molecule has 2 aromatic carbocycles. The first kappa shape index (κ1) is 10.9. The van der Waals surface area contributed by atoms with Gasteiger partial charge in [0.1, 0.15) is 11.3 Å². The maximum absolute atomic E-state index is 11.4. The number of ether oxygens (including phenoxy) is 1. The summed E-state index contributed by atoms with van der Waals surface area (Å²) in [7, 11) is 0. The molecule has 2 aromatic rings. The van der Waals surface area contributed by atoms with Crippen LogP contribution in [0, 0.1) is 0 Å². The molecule has 0 unspecified atom stereocenters. The van der Waals surface area contributed by atoms with Crippen LogP contribution in [0.3, 0.4) is 0 Å². The van der Waals surface area contributed by atoms with Gasteiger partial charge in [-0.15, -0.1) is 0 Å². The second-order valence-corrected chi connectivity index (χ2v) is 3.43. The van der Waals surface area contributed by atoms with Crippen molar-refractivity contribution >= 4 is 22.8 Å². The number of amides is 1. The number of aromatic hydroxyl groups is 1. The van der Waals surface area contributed by atoms with Crippen molar-refractivity contribution < 1.29 is 19.4 Å². The standard InChI is InChI=1S/C12H9NO4/c13-12(16)17-11(15)9-5-7-3-1-2-4-8(7)6-10(9)14/h1-6,14H,(H2,13,16). The Morgan fingerprint density at radius 1 is 1.12 bits per heavy atom. The number of phenols is 1. The highest BCUT2D eigenvalue weighted by atomic mass is 16.6. The Hall–Kier alpha value is -2.56. The number of hydrogen-bond acceptors (Lipinski definition) is 4. The molecule has 0 aliphatic carbocycles. The Morgan fingerprint density at radius 3 is 2.29 bits per heavy atom. The molecular formula is C12H9NO4. The Kier molecular flexibility index (Phi) is 2.66. The number of nitrogens with two attached hydrogens (primary N) is 1. The van der Waals surface area contributed by atoms with Gasteiger partial charge in [0.2, 0.25) is 0 Å². The van der Waals surface area contributed by atoms with Crippen molar-refractivity contribution in [1.29, 1.82) is 0 Å². The second kappa shape index (κ2) is 4.13. The smallest absolute Gasteiger partial charge is 0.412 e. The molecule has 0 aliphatic heterocycles. The zero-order valence-corrected chi connectivity index (χ0v) is 8.71. The van der Waals surface area contributed by atoms with Crippen molar-refractivity contribution in [2.24, 2.45) is 5.73 Å². The summed E-state index contributed by atoms with van der Waals surface area (Å²) < 4.78 is 4.21. The molecule has 0 spiro atoms. The lowest BCUT2D eigenvalue weighted by Crippen LogP contribution is -2.18. The van der Waals surface area contributed by atoms with E-state index in [4.69, 9.17) is 5.73 Å². The van der Waals surface area contributed by atoms with Crippen LogP contribution in [0.15, 0.2) is 36.4 Å². The van der Waals surface area contributed by atoms with Gasteiger partial charge in [-0.1, -0.05) is 24.3 Å². The van der Waals surface area contributed by atoms with Crippen LogP contribution in [0.1, 0.15) is 10.4 Å². The first-order valence-electron chi connectivity index (χ1n) is 4.81. The first-order chi connectivity index (χ1) is 8.08. The van der Waals surface area contributed by atoms with Gasteiger partial charge < -0.3 is 15.6 Å². The second-order valence-electron chi connectivity index (χ2n) is 3.43. The van der Waals surface area contributed by atoms with Gasteiger partial charge in [-0.05, 0) is 22.9 Å². The number of fused-ring (bicyclic) bond motifs is 1. The van der Waals surface area contributed by atoms with Gasteiger partial charge in [0.05, 0.1) is 0 Å². The summed E-state index contributed by atoms with van der Waals surface area (Å²) in [6.07, 6.45) is -1.21. The van der Waals surface area contributed by atoms with Gasteiger partial charge in [0.25, 0.3) is 0 Å². The molecule has 1 amide bonds. The molecule has 0 saturated carbocycles. The summed E-state index contributed by atoms with van der Waals surface area (Å²) >= 11 is 0. The summed E-state index contributed by atoms with van der Waals surface area (Å²) in [5.41, 5.74) is 4.63. The summed E-state index contributed by atoms with van der Waals surface area (Å²) in [5.74, 6) is -1.23. The van der Waals surface area contributed by atoms with E-state index in [2.05, 4.69) is 4.74 Å². The van der Waals surface area contributed by atoms with Crippen LogP contribution in [-0.4, -0.2) is 17.2 Å². The molecule has 0 aromatic heterocycles. The van der Waals surface area contributed by atoms with Crippen LogP contribution >= 0.6 is 0 Å². The minimum Gasteiger partial charge on any atom is -0.507 e. The van der Waals surface area contributed by atoms with Crippen LogP contribution in [0.2, 0.25) is 0 Å². The largest absolute Gasteiger partial charge is 0.507 e. The molecule has 0 radical (unpaired) electrons. The highest BCUT2D eigenvalue weighted by Gasteiger charge is 2.15. The molecule has 5 heteroatoms. The third kappa shape index (κ3) is 2.17. The van der Waals surface area contributed by atoms with Gasteiger partial charge in [-0.25, -0.2) is 9.59 Å². The third-order valence-corrected chi connectivity index (χ3v) is 2.28. The van der Waals surface area contributed by atoms with Crippen molar-refractivity contribution in [3.8, 4) is 5.75 Å². The average molecular weight is 231 g/mol. The Morgan fingerprint density at radius 2 is 1.71 bits per heavy atom. The number of hydrogen-bond donors (Lipinski definition) is 2. The van der Waals surface area contributed by atoms with E-state index in [-0.39, 0.29) is 11.3 Å². The molecule has 2 rings (SSSR count). The maximum atomic E-state index is 11.4. The molecule has 5 nitrogen and oxygen atoms in total. The SMILES string of the molecule is NC(=O)OC(=O)c1cc2ccccc2cc1O. The van der Waals surface area contributed by atoms with E-state index in [0.717, 1.165) is 10.8 Å². The van der Waals surface area contributed by atoms with Crippen LogP contribution in [0.25, 0.3) is 10.8 Å². The Balaban J connectivity index is 2.50. The number of carbonyl (C=O) groups is 2. The van der Waals surface area contributed by atoms with Crippen molar-refractivity contribution in [1.82, 2.24) is 0 Å². The fourth-order valence-corrected chi connectivity index (χ4v) is 1.54. The number of primary amides is 1. The van der Waals surface area contributed by atoms with E-state index in [9.17, 15) is 14.7 Å². The lowest BCUT2D eigenvalue weighted by molar-refractivity contribution is 0.0635. The van der Waals surface area contributed by atoms with E-state index in [1.807, 2.05) is 6.07 Å². The molecule has 0 aliphatic rings. The van der Waals surface area contributed by atoms with Crippen LogP contribution < -0.4 is 5.73 Å². The number of phenolic OH excluding ortho intramolecular Hbond substituents is 1. The van der Waals surface area contributed by atoms with Crippen molar-refractivity contribution in [2.75, 3.05) is 0 Å². The third-order valence-electron chi connectivity index (χ3n) is 2.28. The number of rotatable bonds is 1. The van der Waals surface area contributed by atoms with Crippen molar-refractivity contribution in [3.05, 3.63) is 42.0 Å². The average Bonchev–Trinajstić information content (AvgIpc) is 2.27. The quantitative estimate of drug-likeness (QED) is 0.578. The fraction of sp³-hybridized carbons (Fsp3) is 0. The number of benzene rings is 2. The van der Waals surface area contributed by atoms with Crippen LogP contribution in [0.4, 0.5) is 4.79 Å². The molecule has 0 bridgehead atoms. The van der Waals surface area contributed by atoms with Gasteiger partial charge in [-0.2, -0.15) is 0 Å². The molecule has 17 heavy (non-hydrogen) atoms.